The maximum atomic E-state index is 12.2. The lowest BCUT2D eigenvalue weighted by Gasteiger charge is -2.32. The predicted octanol–water partition coefficient (Wildman–Crippen LogP) is 5.14. The van der Waals surface area contributed by atoms with Crippen molar-refractivity contribution < 1.29 is 9.53 Å². The molecule has 0 radical (unpaired) electrons. The first-order chi connectivity index (χ1) is 13.4. The van der Waals surface area contributed by atoms with Gasteiger partial charge in [-0.05, 0) is 74.1 Å². The minimum Gasteiger partial charge on any atom is -0.484 e. The molecule has 0 unspecified atom stereocenters. The largest absolute Gasteiger partial charge is 0.484 e. The third-order valence-corrected chi connectivity index (χ3v) is 5.84. The zero-order valence-corrected chi connectivity index (χ0v) is 17.6. The molecular formula is C23H29ClN2O2. The van der Waals surface area contributed by atoms with Gasteiger partial charge in [0.25, 0.3) is 5.91 Å². The number of hydrogen-bond donors (Lipinski definition) is 1. The lowest BCUT2D eigenvalue weighted by atomic mass is 9.98. The maximum absolute atomic E-state index is 12.2. The summed E-state index contributed by atoms with van der Waals surface area (Å²) < 4.78 is 5.57. The molecule has 150 valence electrons. The lowest BCUT2D eigenvalue weighted by molar-refractivity contribution is -0.123. The third kappa shape index (κ3) is 5.41. The Kier molecular flexibility index (Phi) is 6.84. The molecule has 2 aromatic rings. The van der Waals surface area contributed by atoms with Gasteiger partial charge in [-0.15, -0.1) is 0 Å². The van der Waals surface area contributed by atoms with Crippen LogP contribution in [0.25, 0.3) is 0 Å². The van der Waals surface area contributed by atoms with Crippen LogP contribution in [-0.2, 0) is 4.79 Å². The van der Waals surface area contributed by atoms with E-state index in [0.29, 0.717) is 10.8 Å². The number of nitrogens with one attached hydrogen (secondary N) is 1. The molecule has 1 fully saturated rings. The van der Waals surface area contributed by atoms with Gasteiger partial charge in [-0.3, -0.25) is 4.79 Å². The van der Waals surface area contributed by atoms with Crippen molar-refractivity contribution in [3.63, 3.8) is 0 Å². The summed E-state index contributed by atoms with van der Waals surface area (Å²) in [6.45, 7) is 8.44. The van der Waals surface area contributed by atoms with Crippen LogP contribution >= 0.6 is 11.6 Å². The Hall–Kier alpha value is -2.20. The number of benzene rings is 2. The molecule has 1 aliphatic rings. The molecule has 1 saturated heterocycles. The monoisotopic (exact) mass is 400 g/mol. The van der Waals surface area contributed by atoms with Gasteiger partial charge in [0.1, 0.15) is 5.75 Å². The second kappa shape index (κ2) is 9.33. The van der Waals surface area contributed by atoms with Crippen molar-refractivity contribution in [3.8, 4) is 5.75 Å². The Morgan fingerprint density at radius 3 is 2.54 bits per heavy atom. The van der Waals surface area contributed by atoms with Crippen LogP contribution in [-0.4, -0.2) is 25.6 Å². The average molecular weight is 401 g/mol. The van der Waals surface area contributed by atoms with Gasteiger partial charge < -0.3 is 15.0 Å². The number of halogens is 1. The van der Waals surface area contributed by atoms with Gasteiger partial charge in [-0.2, -0.15) is 0 Å². The van der Waals surface area contributed by atoms with Crippen LogP contribution in [0.2, 0.25) is 5.02 Å². The number of ether oxygens (including phenoxy) is 1. The normalized spacial score (nSPS) is 15.9. The van der Waals surface area contributed by atoms with Crippen molar-refractivity contribution in [2.45, 2.75) is 39.7 Å². The first-order valence-electron chi connectivity index (χ1n) is 9.95. The van der Waals surface area contributed by atoms with Gasteiger partial charge in [0, 0.05) is 23.8 Å². The fourth-order valence-corrected chi connectivity index (χ4v) is 3.58. The summed E-state index contributed by atoms with van der Waals surface area (Å²) in [5, 5.41) is 3.68. The molecular weight excluding hydrogens is 372 g/mol. The van der Waals surface area contributed by atoms with Crippen LogP contribution in [0.5, 0.6) is 5.75 Å². The number of piperidine rings is 1. The van der Waals surface area contributed by atoms with Gasteiger partial charge in [-0.25, -0.2) is 0 Å². The van der Waals surface area contributed by atoms with Crippen LogP contribution < -0.4 is 15.0 Å². The molecule has 0 spiro atoms. The Balaban J connectivity index is 1.50. The zero-order chi connectivity index (χ0) is 20.1. The van der Waals surface area contributed by atoms with Crippen LogP contribution in [0.15, 0.2) is 42.5 Å². The van der Waals surface area contributed by atoms with E-state index < -0.39 is 0 Å². The second-order valence-corrected chi connectivity index (χ2v) is 8.16. The molecule has 0 bridgehead atoms. The van der Waals surface area contributed by atoms with Crippen molar-refractivity contribution in [2.24, 2.45) is 5.92 Å². The molecule has 1 N–H and O–H groups in total. The average Bonchev–Trinajstić information content (AvgIpc) is 2.69. The van der Waals surface area contributed by atoms with Crippen molar-refractivity contribution in [3.05, 3.63) is 58.6 Å². The highest BCUT2D eigenvalue weighted by Gasteiger charge is 2.16. The molecule has 0 aromatic heterocycles. The van der Waals surface area contributed by atoms with Crippen LogP contribution in [0.3, 0.4) is 0 Å². The molecule has 1 amide bonds. The van der Waals surface area contributed by atoms with E-state index in [4.69, 9.17) is 16.3 Å². The van der Waals surface area contributed by atoms with Crippen LogP contribution in [0.1, 0.15) is 43.9 Å². The van der Waals surface area contributed by atoms with E-state index in [2.05, 4.69) is 41.4 Å². The summed E-state index contributed by atoms with van der Waals surface area (Å²) in [4.78, 5) is 14.7. The van der Waals surface area contributed by atoms with E-state index in [-0.39, 0.29) is 18.6 Å². The SMILES string of the molecule is Cc1cc(OCC(=O)N[C@H](C)c2ccc(N3CCC(C)CC3)cc2)ccc1Cl. The highest BCUT2D eigenvalue weighted by Crippen LogP contribution is 2.25. The standard InChI is InChI=1S/C23H29ClN2O2/c1-16-10-12-26(13-11-16)20-6-4-19(5-7-20)18(3)25-23(27)15-28-21-8-9-22(24)17(2)14-21/h4-9,14,16,18H,10-13,15H2,1-3H3,(H,25,27)/t18-/m1/s1. The molecule has 28 heavy (non-hydrogen) atoms. The predicted molar refractivity (Wildman–Crippen MR) is 115 cm³/mol. The Morgan fingerprint density at radius 2 is 1.89 bits per heavy atom. The number of nitrogens with zero attached hydrogens (tertiary/aromatic N) is 1. The van der Waals surface area contributed by atoms with Crippen molar-refractivity contribution in [2.75, 3.05) is 24.6 Å². The lowest BCUT2D eigenvalue weighted by Crippen LogP contribution is -2.33. The fourth-order valence-electron chi connectivity index (χ4n) is 3.46. The number of carbonyl (C=O) groups is 1. The van der Waals surface area contributed by atoms with Gasteiger partial charge >= 0.3 is 0 Å². The van der Waals surface area contributed by atoms with E-state index in [9.17, 15) is 4.79 Å². The third-order valence-electron chi connectivity index (χ3n) is 5.42. The number of carbonyl (C=O) groups excluding carboxylic acids is 1. The van der Waals surface area contributed by atoms with Crippen molar-refractivity contribution in [1.82, 2.24) is 5.32 Å². The van der Waals surface area contributed by atoms with Crippen molar-refractivity contribution >= 4 is 23.2 Å². The number of amides is 1. The van der Waals surface area contributed by atoms with Crippen LogP contribution in [0.4, 0.5) is 5.69 Å². The molecule has 0 aliphatic carbocycles. The maximum Gasteiger partial charge on any atom is 0.258 e. The van der Waals surface area contributed by atoms with E-state index in [0.717, 1.165) is 30.1 Å². The van der Waals surface area contributed by atoms with Crippen LogP contribution in [0, 0.1) is 12.8 Å². The van der Waals surface area contributed by atoms with Gasteiger partial charge in [-0.1, -0.05) is 30.7 Å². The summed E-state index contributed by atoms with van der Waals surface area (Å²) in [6.07, 6.45) is 2.50. The molecule has 1 heterocycles. The molecule has 1 atom stereocenters. The molecule has 2 aromatic carbocycles. The number of hydrogen-bond acceptors (Lipinski definition) is 3. The first-order valence-corrected chi connectivity index (χ1v) is 10.3. The molecule has 1 aliphatic heterocycles. The topological polar surface area (TPSA) is 41.6 Å². The molecule has 0 saturated carbocycles. The second-order valence-electron chi connectivity index (χ2n) is 7.75. The quantitative estimate of drug-likeness (QED) is 0.729. The minimum atomic E-state index is -0.144. The Labute approximate surface area is 172 Å². The smallest absolute Gasteiger partial charge is 0.258 e. The number of aryl methyl sites for hydroxylation is 1. The highest BCUT2D eigenvalue weighted by molar-refractivity contribution is 6.31. The van der Waals surface area contributed by atoms with E-state index in [1.54, 1.807) is 12.1 Å². The summed E-state index contributed by atoms with van der Waals surface area (Å²) >= 11 is 6.01. The summed E-state index contributed by atoms with van der Waals surface area (Å²) in [5.74, 6) is 1.32. The number of anilines is 1. The van der Waals surface area contributed by atoms with Crippen molar-refractivity contribution in [1.29, 1.82) is 0 Å². The Bertz CT molecular complexity index is 799. The molecule has 4 nitrogen and oxygen atoms in total. The minimum absolute atomic E-state index is 0.0184. The summed E-state index contributed by atoms with van der Waals surface area (Å²) in [6, 6.07) is 13.8. The molecule has 3 rings (SSSR count). The molecule has 5 heteroatoms. The van der Waals surface area contributed by atoms with E-state index in [1.165, 1.54) is 18.5 Å². The van der Waals surface area contributed by atoms with Gasteiger partial charge in [0.2, 0.25) is 0 Å². The summed E-state index contributed by atoms with van der Waals surface area (Å²) in [7, 11) is 0. The summed E-state index contributed by atoms with van der Waals surface area (Å²) in [5.41, 5.74) is 3.27. The fraction of sp³-hybridized carbons (Fsp3) is 0.435. The van der Waals surface area contributed by atoms with Gasteiger partial charge in [0.05, 0.1) is 6.04 Å². The zero-order valence-electron chi connectivity index (χ0n) is 16.9. The van der Waals surface area contributed by atoms with Gasteiger partial charge in [0.15, 0.2) is 6.61 Å². The number of rotatable bonds is 6. The van der Waals surface area contributed by atoms with E-state index in [1.807, 2.05) is 19.9 Å². The van der Waals surface area contributed by atoms with E-state index >= 15 is 0 Å². The highest BCUT2D eigenvalue weighted by atomic mass is 35.5. The first kappa shape index (κ1) is 20.5. The Morgan fingerprint density at radius 1 is 1.21 bits per heavy atom.